The summed E-state index contributed by atoms with van der Waals surface area (Å²) >= 11 is 0. The third-order valence-corrected chi connectivity index (χ3v) is 5.42. The number of aryl methyl sites for hydroxylation is 1. The second-order valence-corrected chi connectivity index (χ2v) is 6.58. The SMILES string of the molecule is COc1cccc(C[C@H]2NC[C@H]3c4ccccc4CCC23)c1. The van der Waals surface area contributed by atoms with Crippen LogP contribution in [0.25, 0.3) is 0 Å². The molecule has 1 N–H and O–H groups in total. The molecule has 4 rings (SSSR count). The topological polar surface area (TPSA) is 21.3 Å². The van der Waals surface area contributed by atoms with Gasteiger partial charge in [-0.25, -0.2) is 0 Å². The summed E-state index contributed by atoms with van der Waals surface area (Å²) in [5.74, 6) is 2.42. The fourth-order valence-electron chi connectivity index (χ4n) is 4.33. The van der Waals surface area contributed by atoms with E-state index in [2.05, 4.69) is 47.8 Å². The average molecular weight is 293 g/mol. The van der Waals surface area contributed by atoms with E-state index in [-0.39, 0.29) is 0 Å². The van der Waals surface area contributed by atoms with E-state index in [1.54, 1.807) is 18.2 Å². The van der Waals surface area contributed by atoms with Crippen molar-refractivity contribution >= 4 is 0 Å². The van der Waals surface area contributed by atoms with Gasteiger partial charge >= 0.3 is 0 Å². The molecular formula is C20H23NO. The maximum Gasteiger partial charge on any atom is 0.119 e. The van der Waals surface area contributed by atoms with E-state index in [4.69, 9.17) is 4.74 Å². The summed E-state index contributed by atoms with van der Waals surface area (Å²) in [6.07, 6.45) is 3.64. The van der Waals surface area contributed by atoms with E-state index in [1.807, 2.05) is 6.07 Å². The minimum atomic E-state index is 0.588. The Morgan fingerprint density at radius 2 is 2.05 bits per heavy atom. The molecule has 2 heteroatoms. The summed E-state index contributed by atoms with van der Waals surface area (Å²) in [7, 11) is 1.74. The van der Waals surface area contributed by atoms with Gasteiger partial charge in [0, 0.05) is 18.5 Å². The number of hydrogen-bond donors (Lipinski definition) is 1. The van der Waals surface area contributed by atoms with Crippen molar-refractivity contribution in [3.05, 3.63) is 65.2 Å². The summed E-state index contributed by atoms with van der Waals surface area (Å²) in [6.45, 7) is 1.12. The zero-order valence-corrected chi connectivity index (χ0v) is 13.1. The summed E-state index contributed by atoms with van der Waals surface area (Å²) in [5.41, 5.74) is 4.52. The molecule has 2 aromatic carbocycles. The van der Waals surface area contributed by atoms with Crippen LogP contribution >= 0.6 is 0 Å². The molecule has 2 aliphatic rings. The van der Waals surface area contributed by atoms with Gasteiger partial charge in [0.2, 0.25) is 0 Å². The number of fused-ring (bicyclic) bond motifs is 3. The molecule has 2 aromatic rings. The molecule has 1 aliphatic carbocycles. The van der Waals surface area contributed by atoms with Gasteiger partial charge in [-0.15, -0.1) is 0 Å². The molecule has 1 aliphatic heterocycles. The lowest BCUT2D eigenvalue weighted by Crippen LogP contribution is -2.31. The summed E-state index contributed by atoms with van der Waals surface area (Å²) in [4.78, 5) is 0. The van der Waals surface area contributed by atoms with Gasteiger partial charge in [-0.2, -0.15) is 0 Å². The highest BCUT2D eigenvalue weighted by molar-refractivity contribution is 5.36. The molecule has 0 amide bonds. The number of methoxy groups -OCH3 is 1. The van der Waals surface area contributed by atoms with Crippen molar-refractivity contribution in [1.82, 2.24) is 5.32 Å². The molecule has 1 fully saturated rings. The molecule has 1 heterocycles. The first kappa shape index (κ1) is 13.8. The van der Waals surface area contributed by atoms with Crippen LogP contribution in [0.5, 0.6) is 5.75 Å². The minimum absolute atomic E-state index is 0.588. The highest BCUT2D eigenvalue weighted by Crippen LogP contribution is 2.41. The highest BCUT2D eigenvalue weighted by atomic mass is 16.5. The minimum Gasteiger partial charge on any atom is -0.497 e. The quantitative estimate of drug-likeness (QED) is 0.934. The summed E-state index contributed by atoms with van der Waals surface area (Å²) in [5, 5.41) is 3.78. The maximum atomic E-state index is 5.35. The predicted octanol–water partition coefficient (Wildman–Crippen LogP) is 3.56. The number of benzene rings is 2. The zero-order chi connectivity index (χ0) is 14.9. The van der Waals surface area contributed by atoms with Crippen molar-refractivity contribution in [2.45, 2.75) is 31.2 Å². The Morgan fingerprint density at radius 3 is 2.95 bits per heavy atom. The molecule has 114 valence electrons. The molecule has 0 saturated carbocycles. The fraction of sp³-hybridized carbons (Fsp3) is 0.400. The molecule has 1 unspecified atom stereocenters. The van der Waals surface area contributed by atoms with Gasteiger partial charge < -0.3 is 10.1 Å². The zero-order valence-electron chi connectivity index (χ0n) is 13.1. The molecule has 3 atom stereocenters. The highest BCUT2D eigenvalue weighted by Gasteiger charge is 2.39. The summed E-state index contributed by atoms with van der Waals surface area (Å²) < 4.78 is 5.35. The smallest absolute Gasteiger partial charge is 0.119 e. The lowest BCUT2D eigenvalue weighted by molar-refractivity contribution is 0.372. The van der Waals surface area contributed by atoms with Gasteiger partial charge in [0.1, 0.15) is 5.75 Å². The Morgan fingerprint density at radius 1 is 1.14 bits per heavy atom. The lowest BCUT2D eigenvalue weighted by Gasteiger charge is -2.30. The van der Waals surface area contributed by atoms with Crippen LogP contribution in [0.3, 0.4) is 0 Å². The predicted molar refractivity (Wildman–Crippen MR) is 89.5 cm³/mol. The number of ether oxygens (including phenoxy) is 1. The Bertz CT molecular complexity index is 666. The van der Waals surface area contributed by atoms with E-state index in [0.29, 0.717) is 12.0 Å². The van der Waals surface area contributed by atoms with Crippen LogP contribution < -0.4 is 10.1 Å². The monoisotopic (exact) mass is 293 g/mol. The van der Waals surface area contributed by atoms with Gasteiger partial charge in [-0.1, -0.05) is 36.4 Å². The molecular weight excluding hydrogens is 270 g/mol. The second-order valence-electron chi connectivity index (χ2n) is 6.58. The van der Waals surface area contributed by atoms with E-state index in [9.17, 15) is 0 Å². The van der Waals surface area contributed by atoms with Crippen molar-refractivity contribution < 1.29 is 4.74 Å². The molecule has 0 spiro atoms. The number of hydrogen-bond acceptors (Lipinski definition) is 2. The van der Waals surface area contributed by atoms with Crippen LogP contribution in [-0.2, 0) is 12.8 Å². The number of nitrogens with one attached hydrogen (secondary N) is 1. The first-order valence-corrected chi connectivity index (χ1v) is 8.29. The van der Waals surface area contributed by atoms with Gasteiger partial charge in [-0.3, -0.25) is 0 Å². The fourth-order valence-corrected chi connectivity index (χ4v) is 4.33. The maximum absolute atomic E-state index is 5.35. The van der Waals surface area contributed by atoms with Crippen LogP contribution in [0.4, 0.5) is 0 Å². The van der Waals surface area contributed by atoms with Crippen LogP contribution in [0.1, 0.15) is 29.0 Å². The average Bonchev–Trinajstić information content (AvgIpc) is 2.98. The molecule has 0 bridgehead atoms. The lowest BCUT2D eigenvalue weighted by atomic mass is 9.74. The molecule has 1 saturated heterocycles. The van der Waals surface area contributed by atoms with Crippen LogP contribution in [-0.4, -0.2) is 19.7 Å². The first-order valence-electron chi connectivity index (χ1n) is 8.29. The van der Waals surface area contributed by atoms with Crippen molar-refractivity contribution in [2.75, 3.05) is 13.7 Å². The molecule has 22 heavy (non-hydrogen) atoms. The van der Waals surface area contributed by atoms with Gasteiger partial charge in [0.15, 0.2) is 0 Å². The first-order chi connectivity index (χ1) is 10.8. The molecule has 0 aromatic heterocycles. The van der Waals surface area contributed by atoms with Crippen molar-refractivity contribution in [2.24, 2.45) is 5.92 Å². The van der Waals surface area contributed by atoms with Gasteiger partial charge in [-0.05, 0) is 54.0 Å². The Hall–Kier alpha value is -1.80. The Kier molecular flexibility index (Phi) is 3.63. The van der Waals surface area contributed by atoms with E-state index < -0.39 is 0 Å². The van der Waals surface area contributed by atoms with Crippen molar-refractivity contribution in [3.63, 3.8) is 0 Å². The van der Waals surface area contributed by atoms with Crippen LogP contribution in [0.2, 0.25) is 0 Å². The van der Waals surface area contributed by atoms with E-state index in [0.717, 1.165) is 24.6 Å². The van der Waals surface area contributed by atoms with E-state index in [1.165, 1.54) is 18.4 Å². The van der Waals surface area contributed by atoms with Crippen molar-refractivity contribution in [3.8, 4) is 5.75 Å². The van der Waals surface area contributed by atoms with Gasteiger partial charge in [0.05, 0.1) is 7.11 Å². The van der Waals surface area contributed by atoms with Crippen molar-refractivity contribution in [1.29, 1.82) is 0 Å². The standard InChI is InChI=1S/C20H23NO/c1-22-16-7-4-5-14(11-16)12-20-18-10-9-15-6-2-3-8-17(15)19(18)13-21-20/h2-8,11,18-21H,9-10,12-13H2,1H3/t18?,19-,20+/m0/s1. The molecule has 2 nitrogen and oxygen atoms in total. The Balaban J connectivity index is 1.54. The van der Waals surface area contributed by atoms with Crippen LogP contribution in [0.15, 0.2) is 48.5 Å². The third kappa shape index (κ3) is 2.42. The molecule has 0 radical (unpaired) electrons. The Labute approximate surface area is 132 Å². The third-order valence-electron chi connectivity index (χ3n) is 5.42. The summed E-state index contributed by atoms with van der Waals surface area (Å²) in [6, 6.07) is 18.1. The normalized spacial score (nSPS) is 26.3. The van der Waals surface area contributed by atoms with E-state index >= 15 is 0 Å². The van der Waals surface area contributed by atoms with Gasteiger partial charge in [0.25, 0.3) is 0 Å². The largest absolute Gasteiger partial charge is 0.497 e. The second kappa shape index (κ2) is 5.77. The van der Waals surface area contributed by atoms with Crippen LogP contribution in [0, 0.1) is 5.92 Å². The number of rotatable bonds is 3.